The third-order valence-electron chi connectivity index (χ3n) is 4.19. The summed E-state index contributed by atoms with van der Waals surface area (Å²) in [5.41, 5.74) is 0.621. The van der Waals surface area contributed by atoms with Crippen LogP contribution in [0.3, 0.4) is 0 Å². The van der Waals surface area contributed by atoms with Gasteiger partial charge < -0.3 is 14.4 Å². The predicted octanol–water partition coefficient (Wildman–Crippen LogP) is 3.63. The third-order valence-corrected chi connectivity index (χ3v) is 4.19. The molecular formula is C20H23N3O3. The minimum Gasteiger partial charge on any atom is -0.444 e. The summed E-state index contributed by atoms with van der Waals surface area (Å²) < 4.78 is 11.4. The van der Waals surface area contributed by atoms with Gasteiger partial charge in [-0.2, -0.15) is 5.26 Å². The maximum Gasteiger partial charge on any atom is 0.410 e. The number of rotatable bonds is 3. The third kappa shape index (κ3) is 4.30. The number of carbonyl (C=O) groups excluding carboxylic acids is 1. The topological polar surface area (TPSA) is 75.4 Å². The van der Waals surface area contributed by atoms with Crippen molar-refractivity contribution in [3.8, 4) is 6.07 Å². The average Bonchev–Trinajstić information content (AvgIpc) is 3.07. The normalized spacial score (nSPS) is 17.3. The summed E-state index contributed by atoms with van der Waals surface area (Å²) in [4.78, 5) is 18.2. The molecule has 1 unspecified atom stereocenters. The molecule has 0 radical (unpaired) electrons. The van der Waals surface area contributed by atoms with Gasteiger partial charge in [0, 0.05) is 11.9 Å². The lowest BCUT2D eigenvalue weighted by Gasteiger charge is -2.24. The number of likely N-dealkylation sites (tertiary alicyclic amines) is 1. The molecule has 1 aliphatic heterocycles. The second kappa shape index (κ2) is 7.30. The van der Waals surface area contributed by atoms with Crippen molar-refractivity contribution in [2.45, 2.75) is 45.5 Å². The highest BCUT2D eigenvalue weighted by atomic mass is 16.6. The number of carbonyl (C=O) groups is 1. The van der Waals surface area contributed by atoms with Gasteiger partial charge in [-0.25, -0.2) is 9.78 Å². The number of amides is 1. The molecule has 6 heteroatoms. The van der Waals surface area contributed by atoms with Crippen LogP contribution >= 0.6 is 0 Å². The van der Waals surface area contributed by atoms with Crippen LogP contribution < -0.4 is 0 Å². The number of pyridine rings is 1. The van der Waals surface area contributed by atoms with Crippen molar-refractivity contribution < 1.29 is 14.3 Å². The first-order chi connectivity index (χ1) is 12.4. The van der Waals surface area contributed by atoms with Crippen LogP contribution in [0.5, 0.6) is 0 Å². The van der Waals surface area contributed by atoms with Crippen LogP contribution in [0, 0.1) is 11.3 Å². The molecule has 1 fully saturated rings. The maximum absolute atomic E-state index is 12.1. The molecule has 2 heterocycles. The molecule has 1 amide bonds. The highest BCUT2D eigenvalue weighted by molar-refractivity contribution is 5.85. The van der Waals surface area contributed by atoms with Crippen molar-refractivity contribution in [1.29, 1.82) is 5.26 Å². The van der Waals surface area contributed by atoms with Crippen molar-refractivity contribution in [2.24, 2.45) is 0 Å². The minimum atomic E-state index is -0.503. The zero-order valence-corrected chi connectivity index (χ0v) is 15.4. The van der Waals surface area contributed by atoms with E-state index in [0.29, 0.717) is 25.4 Å². The lowest BCUT2D eigenvalue weighted by atomic mass is 10.1. The Morgan fingerprint density at radius 1 is 1.38 bits per heavy atom. The van der Waals surface area contributed by atoms with Crippen molar-refractivity contribution >= 4 is 16.9 Å². The zero-order chi connectivity index (χ0) is 18.7. The van der Waals surface area contributed by atoms with E-state index in [9.17, 15) is 10.1 Å². The lowest BCUT2D eigenvalue weighted by Crippen LogP contribution is -2.36. The molecule has 0 bridgehead atoms. The summed E-state index contributed by atoms with van der Waals surface area (Å²) in [5.74, 6) is 0. The first-order valence-electron chi connectivity index (χ1n) is 8.74. The van der Waals surface area contributed by atoms with Crippen LogP contribution in [-0.4, -0.2) is 40.8 Å². The largest absolute Gasteiger partial charge is 0.444 e. The van der Waals surface area contributed by atoms with E-state index in [-0.39, 0.29) is 12.2 Å². The summed E-state index contributed by atoms with van der Waals surface area (Å²) >= 11 is 0. The molecule has 1 saturated heterocycles. The van der Waals surface area contributed by atoms with Gasteiger partial charge in [0.15, 0.2) is 0 Å². The molecule has 1 atom stereocenters. The Bertz CT molecular complexity index is 851. The molecule has 136 valence electrons. The fraction of sp³-hybridized carbons (Fsp3) is 0.450. The number of hydrogen-bond acceptors (Lipinski definition) is 5. The molecule has 3 rings (SSSR count). The molecule has 26 heavy (non-hydrogen) atoms. The summed E-state index contributed by atoms with van der Waals surface area (Å²) in [6.45, 7) is 7.00. The highest BCUT2D eigenvalue weighted by Gasteiger charge is 2.30. The first-order valence-corrected chi connectivity index (χ1v) is 8.74. The van der Waals surface area contributed by atoms with E-state index < -0.39 is 5.60 Å². The monoisotopic (exact) mass is 353 g/mol. The number of hydrogen-bond donors (Lipinski definition) is 0. The van der Waals surface area contributed by atoms with Crippen LogP contribution in [0.1, 0.15) is 38.6 Å². The maximum atomic E-state index is 12.1. The Hall–Kier alpha value is -2.65. The lowest BCUT2D eigenvalue weighted by molar-refractivity contribution is 0.0181. The highest BCUT2D eigenvalue weighted by Crippen LogP contribution is 2.22. The summed E-state index contributed by atoms with van der Waals surface area (Å²) in [7, 11) is 0. The van der Waals surface area contributed by atoms with E-state index >= 15 is 0 Å². The Morgan fingerprint density at radius 3 is 2.88 bits per heavy atom. The van der Waals surface area contributed by atoms with Crippen LogP contribution in [0.25, 0.3) is 10.8 Å². The standard InChI is InChI=1S/C20H23N3O3/c1-20(2,3)26-19(24)23-9-8-16(12-23)25-13-18-17-7-5-4-6-14(17)10-15(11-21)22-18/h4-7,10,16H,8-9,12-13H2,1-3H3. The van der Waals surface area contributed by atoms with Gasteiger partial charge in [-0.05, 0) is 38.6 Å². The van der Waals surface area contributed by atoms with Crippen LogP contribution in [0.2, 0.25) is 0 Å². The molecule has 1 aromatic carbocycles. The molecule has 0 N–H and O–H groups in total. The van der Waals surface area contributed by atoms with Crippen LogP contribution in [0.15, 0.2) is 30.3 Å². The Balaban J connectivity index is 1.65. The molecule has 6 nitrogen and oxygen atoms in total. The van der Waals surface area contributed by atoms with E-state index in [1.807, 2.05) is 45.0 Å². The van der Waals surface area contributed by atoms with Gasteiger partial charge in [0.1, 0.15) is 17.4 Å². The Labute approximate surface area is 153 Å². The molecule has 2 aromatic rings. The van der Waals surface area contributed by atoms with Gasteiger partial charge in [-0.1, -0.05) is 24.3 Å². The average molecular weight is 353 g/mol. The molecular weight excluding hydrogens is 330 g/mol. The minimum absolute atomic E-state index is 0.0613. The first kappa shape index (κ1) is 18.2. The van der Waals surface area contributed by atoms with Crippen LogP contribution in [0.4, 0.5) is 4.79 Å². The molecule has 0 spiro atoms. The summed E-state index contributed by atoms with van der Waals surface area (Å²) in [5, 5.41) is 11.1. The van der Waals surface area contributed by atoms with Crippen molar-refractivity contribution in [3.63, 3.8) is 0 Å². The van der Waals surface area contributed by atoms with Gasteiger partial charge >= 0.3 is 6.09 Å². The molecule has 0 saturated carbocycles. The van der Waals surface area contributed by atoms with E-state index in [1.165, 1.54) is 0 Å². The number of ether oxygens (including phenoxy) is 2. The van der Waals surface area contributed by atoms with Gasteiger partial charge in [-0.15, -0.1) is 0 Å². The van der Waals surface area contributed by atoms with Crippen molar-refractivity contribution in [1.82, 2.24) is 9.88 Å². The second-order valence-electron chi connectivity index (χ2n) is 7.44. The number of benzene rings is 1. The number of nitriles is 1. The molecule has 0 aliphatic carbocycles. The van der Waals surface area contributed by atoms with Gasteiger partial charge in [-0.3, -0.25) is 0 Å². The van der Waals surface area contributed by atoms with E-state index in [0.717, 1.165) is 22.9 Å². The van der Waals surface area contributed by atoms with Gasteiger partial charge in [0.05, 0.1) is 24.9 Å². The van der Waals surface area contributed by atoms with E-state index in [1.54, 1.807) is 11.0 Å². The van der Waals surface area contributed by atoms with Crippen molar-refractivity contribution in [2.75, 3.05) is 13.1 Å². The Morgan fingerprint density at radius 2 is 2.15 bits per heavy atom. The Kier molecular flexibility index (Phi) is 5.10. The second-order valence-corrected chi connectivity index (χ2v) is 7.44. The smallest absolute Gasteiger partial charge is 0.410 e. The summed E-state index contributed by atoms with van der Waals surface area (Å²) in [6, 6.07) is 11.7. The van der Waals surface area contributed by atoms with Gasteiger partial charge in [0.25, 0.3) is 0 Å². The van der Waals surface area contributed by atoms with E-state index in [4.69, 9.17) is 9.47 Å². The van der Waals surface area contributed by atoms with Crippen molar-refractivity contribution in [3.05, 3.63) is 41.7 Å². The zero-order valence-electron chi connectivity index (χ0n) is 15.4. The van der Waals surface area contributed by atoms with Crippen LogP contribution in [-0.2, 0) is 16.1 Å². The van der Waals surface area contributed by atoms with Gasteiger partial charge in [0.2, 0.25) is 0 Å². The van der Waals surface area contributed by atoms with E-state index in [2.05, 4.69) is 11.1 Å². The fourth-order valence-electron chi connectivity index (χ4n) is 2.99. The number of fused-ring (bicyclic) bond motifs is 1. The SMILES string of the molecule is CC(C)(C)OC(=O)N1CCC(OCc2nc(C#N)cc3ccccc23)C1. The number of aromatic nitrogens is 1. The quantitative estimate of drug-likeness (QED) is 0.842. The molecule has 1 aromatic heterocycles. The summed E-state index contributed by atoms with van der Waals surface area (Å²) in [6.07, 6.45) is 0.391. The predicted molar refractivity (Wildman–Crippen MR) is 97.5 cm³/mol. The fourth-order valence-corrected chi connectivity index (χ4v) is 2.99. The molecule has 1 aliphatic rings. The number of nitrogens with zero attached hydrogens (tertiary/aromatic N) is 3.